The van der Waals surface area contributed by atoms with Gasteiger partial charge in [-0.25, -0.2) is 8.42 Å². The smallest absolute Gasteiger partial charge is 0.322 e. The summed E-state index contributed by atoms with van der Waals surface area (Å²) in [7, 11) is -3.79. The number of sulfonamides is 1. The van der Waals surface area contributed by atoms with Crippen molar-refractivity contribution in [3.05, 3.63) is 29.3 Å². The Morgan fingerprint density at radius 1 is 1.37 bits per heavy atom. The molecule has 0 spiro atoms. The first-order chi connectivity index (χ1) is 8.84. The van der Waals surface area contributed by atoms with Crippen LogP contribution in [-0.2, 0) is 14.8 Å². The molecule has 1 aromatic carbocycles. The van der Waals surface area contributed by atoms with Gasteiger partial charge < -0.3 is 5.11 Å². The van der Waals surface area contributed by atoms with Crippen molar-refractivity contribution in [3.63, 3.8) is 0 Å². The zero-order chi connectivity index (χ0) is 14.2. The van der Waals surface area contributed by atoms with Gasteiger partial charge in [0.1, 0.15) is 6.04 Å². The number of carbonyl (C=O) groups is 1. The summed E-state index contributed by atoms with van der Waals surface area (Å²) in [6.07, 6.45) is 0.545. The first kappa shape index (κ1) is 14.3. The van der Waals surface area contributed by atoms with Gasteiger partial charge in [0.15, 0.2) is 0 Å². The fraction of sp³-hybridized carbons (Fsp3) is 0.417. The topological polar surface area (TPSA) is 74.7 Å². The van der Waals surface area contributed by atoms with Gasteiger partial charge in [0.05, 0.1) is 4.90 Å². The van der Waals surface area contributed by atoms with Gasteiger partial charge in [-0.3, -0.25) is 4.79 Å². The Hall–Kier alpha value is -1.11. The molecular weight excluding hydrogens is 290 g/mol. The van der Waals surface area contributed by atoms with Crippen LogP contribution in [0, 0.1) is 5.92 Å². The van der Waals surface area contributed by atoms with Crippen LogP contribution >= 0.6 is 11.6 Å². The first-order valence-electron chi connectivity index (χ1n) is 5.84. The second-order valence-corrected chi connectivity index (χ2v) is 6.95. The molecule has 1 fully saturated rings. The second kappa shape index (κ2) is 5.11. The largest absolute Gasteiger partial charge is 0.480 e. The van der Waals surface area contributed by atoms with E-state index in [9.17, 15) is 18.3 Å². The average molecular weight is 304 g/mol. The normalized spacial score (nSPS) is 24.5. The number of aliphatic carboxylic acids is 1. The third kappa shape index (κ3) is 2.61. The highest BCUT2D eigenvalue weighted by molar-refractivity contribution is 7.89. The van der Waals surface area contributed by atoms with Gasteiger partial charge in [0.25, 0.3) is 0 Å². The molecule has 0 aromatic heterocycles. The van der Waals surface area contributed by atoms with Crippen LogP contribution in [-0.4, -0.2) is 36.4 Å². The second-order valence-electron chi connectivity index (χ2n) is 4.62. The number of benzene rings is 1. The molecule has 1 aromatic rings. The molecule has 0 radical (unpaired) electrons. The number of rotatable bonds is 3. The molecule has 2 unspecified atom stereocenters. The van der Waals surface area contributed by atoms with Gasteiger partial charge in [-0.1, -0.05) is 18.5 Å². The maximum absolute atomic E-state index is 12.4. The number of nitrogens with zero attached hydrogens (tertiary/aromatic N) is 1. The average Bonchev–Trinajstić information content (AvgIpc) is 2.72. The molecule has 0 saturated carbocycles. The number of hydrogen-bond donors (Lipinski definition) is 1. The summed E-state index contributed by atoms with van der Waals surface area (Å²) >= 11 is 5.72. The Morgan fingerprint density at radius 2 is 1.95 bits per heavy atom. The van der Waals surface area contributed by atoms with Crippen molar-refractivity contribution in [1.82, 2.24) is 4.31 Å². The maximum atomic E-state index is 12.4. The minimum Gasteiger partial charge on any atom is -0.480 e. The predicted molar refractivity (Wildman–Crippen MR) is 70.5 cm³/mol. The lowest BCUT2D eigenvalue weighted by atomic mass is 10.0. The Balaban J connectivity index is 2.39. The van der Waals surface area contributed by atoms with Gasteiger partial charge in [-0.05, 0) is 36.6 Å². The van der Waals surface area contributed by atoms with Crippen molar-refractivity contribution in [2.45, 2.75) is 24.3 Å². The molecule has 104 valence electrons. The lowest BCUT2D eigenvalue weighted by Crippen LogP contribution is -2.42. The molecule has 0 amide bonds. The van der Waals surface area contributed by atoms with E-state index in [0.29, 0.717) is 11.4 Å². The van der Waals surface area contributed by atoms with Crippen LogP contribution in [0.4, 0.5) is 0 Å². The van der Waals surface area contributed by atoms with Crippen molar-refractivity contribution in [2.24, 2.45) is 5.92 Å². The molecule has 0 bridgehead atoms. The highest BCUT2D eigenvalue weighted by Gasteiger charge is 2.43. The van der Waals surface area contributed by atoms with Crippen LogP contribution in [0.5, 0.6) is 0 Å². The molecule has 1 aliphatic heterocycles. The molecule has 1 heterocycles. The van der Waals surface area contributed by atoms with Crippen molar-refractivity contribution < 1.29 is 18.3 Å². The fourth-order valence-electron chi connectivity index (χ4n) is 2.29. The number of carboxylic acids is 1. The van der Waals surface area contributed by atoms with E-state index in [1.165, 1.54) is 24.3 Å². The van der Waals surface area contributed by atoms with E-state index in [1.807, 2.05) is 0 Å². The van der Waals surface area contributed by atoms with Gasteiger partial charge in [0.2, 0.25) is 10.0 Å². The monoisotopic (exact) mass is 303 g/mol. The summed E-state index contributed by atoms with van der Waals surface area (Å²) in [5, 5.41) is 9.62. The molecular formula is C12H14ClNO4S. The molecule has 19 heavy (non-hydrogen) atoms. The summed E-state index contributed by atoms with van der Waals surface area (Å²) in [4.78, 5) is 11.3. The summed E-state index contributed by atoms with van der Waals surface area (Å²) in [5.41, 5.74) is 0. The Morgan fingerprint density at radius 3 is 2.47 bits per heavy atom. The molecule has 1 N–H and O–H groups in total. The van der Waals surface area contributed by atoms with Crippen LogP contribution in [0.15, 0.2) is 29.2 Å². The number of hydrogen-bond acceptors (Lipinski definition) is 3. The molecule has 2 rings (SSSR count). The van der Waals surface area contributed by atoms with Crippen LogP contribution in [0.1, 0.15) is 13.3 Å². The lowest BCUT2D eigenvalue weighted by Gasteiger charge is -2.22. The SMILES string of the molecule is CC1CCN(S(=O)(=O)c2ccc(Cl)cc2)C1C(=O)O. The lowest BCUT2D eigenvalue weighted by molar-refractivity contribution is -0.141. The van der Waals surface area contributed by atoms with Crippen molar-refractivity contribution in [2.75, 3.05) is 6.54 Å². The van der Waals surface area contributed by atoms with E-state index in [2.05, 4.69) is 0 Å². The minimum absolute atomic E-state index is 0.0669. The predicted octanol–water partition coefficient (Wildman–Crippen LogP) is 1.82. The molecule has 0 aliphatic carbocycles. The van der Waals surface area contributed by atoms with Crippen molar-refractivity contribution in [1.29, 1.82) is 0 Å². The van der Waals surface area contributed by atoms with Gasteiger partial charge in [0, 0.05) is 11.6 Å². The molecule has 7 heteroatoms. The van der Waals surface area contributed by atoms with E-state index in [-0.39, 0.29) is 17.4 Å². The zero-order valence-electron chi connectivity index (χ0n) is 10.3. The van der Waals surface area contributed by atoms with Crippen LogP contribution in [0.3, 0.4) is 0 Å². The van der Waals surface area contributed by atoms with Gasteiger partial charge in [-0.15, -0.1) is 0 Å². The van der Waals surface area contributed by atoms with Crippen LogP contribution < -0.4 is 0 Å². The van der Waals surface area contributed by atoms with Crippen LogP contribution in [0.2, 0.25) is 5.02 Å². The number of carboxylic acid groups (broad SMARTS) is 1. The maximum Gasteiger partial charge on any atom is 0.322 e. The minimum atomic E-state index is -3.79. The third-order valence-electron chi connectivity index (χ3n) is 3.33. The van der Waals surface area contributed by atoms with E-state index >= 15 is 0 Å². The fourth-order valence-corrected chi connectivity index (χ4v) is 4.11. The summed E-state index contributed by atoms with van der Waals surface area (Å²) in [6.45, 7) is 1.97. The van der Waals surface area contributed by atoms with E-state index in [4.69, 9.17) is 11.6 Å². The first-order valence-corrected chi connectivity index (χ1v) is 7.66. The quantitative estimate of drug-likeness (QED) is 0.924. The summed E-state index contributed by atoms with van der Waals surface area (Å²) < 4.78 is 25.9. The van der Waals surface area contributed by atoms with E-state index in [1.54, 1.807) is 6.92 Å². The van der Waals surface area contributed by atoms with E-state index in [0.717, 1.165) is 4.31 Å². The zero-order valence-corrected chi connectivity index (χ0v) is 11.9. The number of halogens is 1. The molecule has 1 saturated heterocycles. The highest BCUT2D eigenvalue weighted by Crippen LogP contribution is 2.30. The standard InChI is InChI=1S/C12H14ClNO4S/c1-8-6-7-14(11(8)12(15)16)19(17,18)10-4-2-9(13)3-5-10/h2-5,8,11H,6-7H2,1H3,(H,15,16). The Bertz CT molecular complexity index is 584. The summed E-state index contributed by atoms with van der Waals surface area (Å²) in [6, 6.07) is 4.73. The Labute approximate surface area is 116 Å². The highest BCUT2D eigenvalue weighted by atomic mass is 35.5. The van der Waals surface area contributed by atoms with E-state index < -0.39 is 22.0 Å². The van der Waals surface area contributed by atoms with Crippen LogP contribution in [0.25, 0.3) is 0 Å². The Kier molecular flexibility index (Phi) is 3.85. The van der Waals surface area contributed by atoms with Crippen molar-refractivity contribution in [3.8, 4) is 0 Å². The summed E-state index contributed by atoms with van der Waals surface area (Å²) in [5.74, 6) is -1.30. The van der Waals surface area contributed by atoms with Gasteiger partial charge in [-0.2, -0.15) is 4.31 Å². The molecule has 1 aliphatic rings. The molecule has 2 atom stereocenters. The van der Waals surface area contributed by atoms with Crippen molar-refractivity contribution >= 4 is 27.6 Å². The van der Waals surface area contributed by atoms with Gasteiger partial charge >= 0.3 is 5.97 Å². The molecule has 5 nitrogen and oxygen atoms in total. The third-order valence-corrected chi connectivity index (χ3v) is 5.47.